The minimum Gasteiger partial charge on any atom is -0.487 e. The Morgan fingerprint density at radius 1 is 1.53 bits per heavy atom. The number of thioether (sulfide) groups is 1. The number of hydrogen-bond acceptors (Lipinski definition) is 5. The topological polar surface area (TPSA) is 64.4 Å². The second-order valence-electron chi connectivity index (χ2n) is 4.58. The molecule has 0 bridgehead atoms. The van der Waals surface area contributed by atoms with E-state index in [1.807, 2.05) is 18.7 Å². The van der Waals surface area contributed by atoms with E-state index in [0.717, 1.165) is 6.54 Å². The van der Waals surface area contributed by atoms with Gasteiger partial charge in [-0.25, -0.2) is 0 Å². The Morgan fingerprint density at radius 3 is 2.79 bits per heavy atom. The van der Waals surface area contributed by atoms with Crippen LogP contribution in [0.2, 0.25) is 0 Å². The molecule has 1 aromatic rings. The first-order chi connectivity index (χ1) is 9.12. The minimum atomic E-state index is -0.383. The number of nitrogens with zero attached hydrogens (tertiary/aromatic N) is 1. The van der Waals surface area contributed by atoms with Gasteiger partial charge in [0.05, 0.1) is 11.5 Å². The number of rotatable bonds is 7. The van der Waals surface area contributed by atoms with Crippen molar-refractivity contribution in [2.75, 3.05) is 24.7 Å². The first-order valence-corrected chi connectivity index (χ1v) is 7.53. The molecule has 1 aromatic carbocycles. The van der Waals surface area contributed by atoms with E-state index in [9.17, 15) is 10.1 Å². The number of nitro groups is 1. The maximum atomic E-state index is 11.2. The SMILES string of the molecule is CCOc1cccc(NCC2(SC)CC2)c1[N+](=O)[O-]. The monoisotopic (exact) mass is 282 g/mol. The van der Waals surface area contributed by atoms with E-state index >= 15 is 0 Å². The van der Waals surface area contributed by atoms with Gasteiger partial charge in [-0.05, 0) is 38.2 Å². The average molecular weight is 282 g/mol. The highest BCUT2D eigenvalue weighted by Gasteiger charge is 2.42. The lowest BCUT2D eigenvalue weighted by atomic mass is 10.2. The van der Waals surface area contributed by atoms with Crippen molar-refractivity contribution in [2.45, 2.75) is 24.5 Å². The molecule has 1 N–H and O–H groups in total. The molecule has 0 atom stereocenters. The Labute approximate surface area is 116 Å². The third-order valence-corrected chi connectivity index (χ3v) is 4.74. The van der Waals surface area contributed by atoms with Crippen LogP contribution in [0.15, 0.2) is 18.2 Å². The number of nitrogens with one attached hydrogen (secondary N) is 1. The fourth-order valence-electron chi connectivity index (χ4n) is 1.97. The molecule has 1 fully saturated rings. The molecule has 2 rings (SSSR count). The zero-order chi connectivity index (χ0) is 13.9. The highest BCUT2D eigenvalue weighted by molar-refractivity contribution is 8.00. The van der Waals surface area contributed by atoms with E-state index in [2.05, 4.69) is 11.6 Å². The van der Waals surface area contributed by atoms with Gasteiger partial charge in [0.15, 0.2) is 5.75 Å². The highest BCUT2D eigenvalue weighted by Crippen LogP contribution is 2.47. The Hall–Kier alpha value is -1.43. The molecule has 0 amide bonds. The zero-order valence-corrected chi connectivity index (χ0v) is 12.0. The molecule has 1 saturated carbocycles. The maximum Gasteiger partial charge on any atom is 0.333 e. The maximum absolute atomic E-state index is 11.2. The van der Waals surface area contributed by atoms with E-state index in [0.29, 0.717) is 18.0 Å². The van der Waals surface area contributed by atoms with Crippen molar-refractivity contribution in [3.8, 4) is 5.75 Å². The van der Waals surface area contributed by atoms with Crippen molar-refractivity contribution >= 4 is 23.1 Å². The normalized spacial score (nSPS) is 15.9. The third kappa shape index (κ3) is 3.12. The molecule has 6 heteroatoms. The molecule has 0 spiro atoms. The molecule has 1 aliphatic carbocycles. The van der Waals surface area contributed by atoms with Crippen molar-refractivity contribution < 1.29 is 9.66 Å². The lowest BCUT2D eigenvalue weighted by Gasteiger charge is -2.15. The summed E-state index contributed by atoms with van der Waals surface area (Å²) in [7, 11) is 0. The van der Waals surface area contributed by atoms with Crippen LogP contribution in [-0.2, 0) is 0 Å². The van der Waals surface area contributed by atoms with Crippen LogP contribution >= 0.6 is 11.8 Å². The first kappa shape index (κ1) is 14.0. The van der Waals surface area contributed by atoms with Gasteiger partial charge < -0.3 is 10.1 Å². The molecular weight excluding hydrogens is 264 g/mol. The van der Waals surface area contributed by atoms with Crippen molar-refractivity contribution in [1.82, 2.24) is 0 Å². The molecule has 0 heterocycles. The lowest BCUT2D eigenvalue weighted by Crippen LogP contribution is -2.18. The van der Waals surface area contributed by atoms with Crippen LogP contribution < -0.4 is 10.1 Å². The summed E-state index contributed by atoms with van der Waals surface area (Å²) >= 11 is 1.82. The van der Waals surface area contributed by atoms with Crippen molar-refractivity contribution in [1.29, 1.82) is 0 Å². The van der Waals surface area contributed by atoms with Gasteiger partial charge in [-0.2, -0.15) is 11.8 Å². The second-order valence-corrected chi connectivity index (χ2v) is 5.86. The van der Waals surface area contributed by atoms with Gasteiger partial charge in [-0.1, -0.05) is 6.07 Å². The largest absolute Gasteiger partial charge is 0.487 e. The number of hydrogen-bond donors (Lipinski definition) is 1. The smallest absolute Gasteiger partial charge is 0.333 e. The van der Waals surface area contributed by atoms with Gasteiger partial charge in [0, 0.05) is 11.3 Å². The Morgan fingerprint density at radius 2 is 2.26 bits per heavy atom. The second kappa shape index (κ2) is 5.69. The number of para-hydroxylation sites is 1. The van der Waals surface area contributed by atoms with Crippen molar-refractivity contribution in [2.24, 2.45) is 0 Å². The predicted molar refractivity (Wildman–Crippen MR) is 78.2 cm³/mol. The van der Waals surface area contributed by atoms with Crippen LogP contribution in [0, 0.1) is 10.1 Å². The van der Waals surface area contributed by atoms with Crippen molar-refractivity contribution in [3.05, 3.63) is 28.3 Å². The Bertz CT molecular complexity index is 475. The van der Waals surface area contributed by atoms with Gasteiger partial charge in [0.1, 0.15) is 5.69 Å². The number of ether oxygens (including phenoxy) is 1. The van der Waals surface area contributed by atoms with E-state index in [1.165, 1.54) is 12.8 Å². The number of nitro benzene ring substituents is 1. The van der Waals surface area contributed by atoms with Gasteiger partial charge in [-0.15, -0.1) is 0 Å². The fraction of sp³-hybridized carbons (Fsp3) is 0.538. The van der Waals surface area contributed by atoms with Crippen LogP contribution in [0.3, 0.4) is 0 Å². The van der Waals surface area contributed by atoms with Gasteiger partial charge in [0.2, 0.25) is 0 Å². The molecule has 0 radical (unpaired) electrons. The summed E-state index contributed by atoms with van der Waals surface area (Å²) in [6.45, 7) is 2.99. The molecule has 0 aliphatic heterocycles. The van der Waals surface area contributed by atoms with E-state index in [-0.39, 0.29) is 15.4 Å². The number of benzene rings is 1. The Kier molecular flexibility index (Phi) is 4.19. The van der Waals surface area contributed by atoms with E-state index in [1.54, 1.807) is 18.2 Å². The van der Waals surface area contributed by atoms with Crippen LogP contribution in [-0.4, -0.2) is 29.1 Å². The summed E-state index contributed by atoms with van der Waals surface area (Å²) < 4.78 is 5.59. The molecule has 0 saturated heterocycles. The third-order valence-electron chi connectivity index (χ3n) is 3.32. The summed E-state index contributed by atoms with van der Waals surface area (Å²) in [6.07, 6.45) is 4.42. The molecule has 5 nitrogen and oxygen atoms in total. The molecular formula is C13H18N2O3S. The van der Waals surface area contributed by atoms with Crippen LogP contribution in [0.25, 0.3) is 0 Å². The van der Waals surface area contributed by atoms with Gasteiger partial charge in [0.25, 0.3) is 0 Å². The zero-order valence-electron chi connectivity index (χ0n) is 11.1. The summed E-state index contributed by atoms with van der Waals surface area (Å²) in [5.74, 6) is 0.325. The van der Waals surface area contributed by atoms with E-state index < -0.39 is 0 Å². The summed E-state index contributed by atoms with van der Waals surface area (Å²) in [5, 5.41) is 14.4. The summed E-state index contributed by atoms with van der Waals surface area (Å²) in [6, 6.07) is 5.14. The minimum absolute atomic E-state index is 0.0289. The summed E-state index contributed by atoms with van der Waals surface area (Å²) in [4.78, 5) is 10.8. The van der Waals surface area contributed by atoms with Gasteiger partial charge in [-0.3, -0.25) is 10.1 Å². The predicted octanol–water partition coefficient (Wildman–Crippen LogP) is 3.30. The van der Waals surface area contributed by atoms with Gasteiger partial charge >= 0.3 is 5.69 Å². The molecule has 1 aliphatic rings. The number of anilines is 1. The summed E-state index contributed by atoms with van der Waals surface area (Å²) in [5.41, 5.74) is 0.567. The molecule has 0 aromatic heterocycles. The molecule has 0 unspecified atom stereocenters. The van der Waals surface area contributed by atoms with Crippen LogP contribution in [0.4, 0.5) is 11.4 Å². The van der Waals surface area contributed by atoms with E-state index in [4.69, 9.17) is 4.74 Å². The lowest BCUT2D eigenvalue weighted by molar-refractivity contribution is -0.384. The average Bonchev–Trinajstić information content (AvgIpc) is 3.17. The highest BCUT2D eigenvalue weighted by atomic mass is 32.2. The molecule has 104 valence electrons. The van der Waals surface area contributed by atoms with Crippen molar-refractivity contribution in [3.63, 3.8) is 0 Å². The standard InChI is InChI=1S/C13H18N2O3S/c1-3-18-11-6-4-5-10(12(11)15(16)17)14-9-13(19-2)7-8-13/h4-6,14H,3,7-9H2,1-2H3. The molecule has 19 heavy (non-hydrogen) atoms. The quantitative estimate of drug-likeness (QED) is 0.614. The first-order valence-electron chi connectivity index (χ1n) is 6.31. The Balaban J connectivity index is 2.19. The van der Waals surface area contributed by atoms with Crippen LogP contribution in [0.1, 0.15) is 19.8 Å². The fourth-order valence-corrected chi connectivity index (χ4v) is 2.70. The van der Waals surface area contributed by atoms with Crippen LogP contribution in [0.5, 0.6) is 5.75 Å².